The van der Waals surface area contributed by atoms with E-state index in [-0.39, 0.29) is 5.60 Å². The van der Waals surface area contributed by atoms with Gasteiger partial charge in [-0.15, -0.1) is 0 Å². The van der Waals surface area contributed by atoms with Crippen LogP contribution >= 0.6 is 0 Å². The van der Waals surface area contributed by atoms with Crippen LogP contribution in [0.25, 0.3) is 0 Å². The van der Waals surface area contributed by atoms with Crippen molar-refractivity contribution in [3.63, 3.8) is 0 Å². The van der Waals surface area contributed by atoms with Crippen LogP contribution in [0.1, 0.15) is 54.4 Å². The third kappa shape index (κ3) is 3.37. The highest BCUT2D eigenvalue weighted by atomic mass is 16.5. The van der Waals surface area contributed by atoms with Crippen LogP contribution in [0.2, 0.25) is 0 Å². The summed E-state index contributed by atoms with van der Waals surface area (Å²) >= 11 is 0. The van der Waals surface area contributed by atoms with Gasteiger partial charge in [-0.3, -0.25) is 4.90 Å². The van der Waals surface area contributed by atoms with Gasteiger partial charge in [0, 0.05) is 25.7 Å². The fourth-order valence-electron chi connectivity index (χ4n) is 4.30. The maximum absolute atomic E-state index is 6.28. The Morgan fingerprint density at radius 3 is 2.40 bits per heavy atom. The SMILES string of the molecule is CC1CN(CC2CCC(N)C(C)C2(C)C)CC(C)(C)O1. The molecule has 1 heterocycles. The molecule has 118 valence electrons. The molecule has 0 amide bonds. The Bertz CT molecular complexity index is 340. The van der Waals surface area contributed by atoms with Crippen molar-refractivity contribution in [3.05, 3.63) is 0 Å². The van der Waals surface area contributed by atoms with Gasteiger partial charge < -0.3 is 10.5 Å². The summed E-state index contributed by atoms with van der Waals surface area (Å²) in [4.78, 5) is 2.62. The molecule has 0 aromatic carbocycles. The Morgan fingerprint density at radius 1 is 1.15 bits per heavy atom. The summed E-state index contributed by atoms with van der Waals surface area (Å²) < 4.78 is 6.02. The van der Waals surface area contributed by atoms with Crippen LogP contribution in [0, 0.1) is 17.3 Å². The smallest absolute Gasteiger partial charge is 0.0757 e. The molecule has 3 heteroatoms. The van der Waals surface area contributed by atoms with Crippen molar-refractivity contribution < 1.29 is 4.74 Å². The van der Waals surface area contributed by atoms with Crippen molar-refractivity contribution in [1.82, 2.24) is 4.90 Å². The molecule has 2 N–H and O–H groups in total. The van der Waals surface area contributed by atoms with Crippen LogP contribution in [0.4, 0.5) is 0 Å². The van der Waals surface area contributed by atoms with Crippen LogP contribution in [0.3, 0.4) is 0 Å². The van der Waals surface area contributed by atoms with Gasteiger partial charge >= 0.3 is 0 Å². The average molecular weight is 282 g/mol. The molecule has 2 aliphatic rings. The Kier molecular flexibility index (Phi) is 4.54. The van der Waals surface area contributed by atoms with Gasteiger partial charge in [-0.05, 0) is 50.9 Å². The van der Waals surface area contributed by atoms with Gasteiger partial charge in [-0.2, -0.15) is 0 Å². The van der Waals surface area contributed by atoms with Gasteiger partial charge in [0.25, 0.3) is 0 Å². The van der Waals surface area contributed by atoms with Gasteiger partial charge in [0.05, 0.1) is 11.7 Å². The Labute approximate surface area is 125 Å². The number of morpholine rings is 1. The summed E-state index contributed by atoms with van der Waals surface area (Å²) in [7, 11) is 0. The molecule has 1 aliphatic heterocycles. The summed E-state index contributed by atoms with van der Waals surface area (Å²) in [6, 6.07) is 0.376. The topological polar surface area (TPSA) is 38.5 Å². The number of hydrogen-bond donors (Lipinski definition) is 1. The Hall–Kier alpha value is -0.120. The second kappa shape index (κ2) is 5.58. The summed E-state index contributed by atoms with van der Waals surface area (Å²) in [5, 5.41) is 0. The van der Waals surface area contributed by atoms with Gasteiger partial charge in [0.15, 0.2) is 0 Å². The zero-order valence-corrected chi connectivity index (χ0v) is 14.3. The molecular weight excluding hydrogens is 248 g/mol. The largest absolute Gasteiger partial charge is 0.370 e. The molecular formula is C17H34N2O. The zero-order valence-electron chi connectivity index (χ0n) is 14.3. The van der Waals surface area contributed by atoms with E-state index in [0.717, 1.165) is 19.0 Å². The second-order valence-electron chi connectivity index (χ2n) is 8.43. The molecule has 2 fully saturated rings. The fraction of sp³-hybridized carbons (Fsp3) is 1.00. The number of ether oxygens (including phenoxy) is 1. The molecule has 1 saturated carbocycles. The molecule has 0 aromatic rings. The lowest BCUT2D eigenvalue weighted by molar-refractivity contribution is -0.136. The van der Waals surface area contributed by atoms with E-state index < -0.39 is 0 Å². The van der Waals surface area contributed by atoms with Crippen LogP contribution < -0.4 is 5.73 Å². The number of hydrogen-bond acceptors (Lipinski definition) is 3. The van der Waals surface area contributed by atoms with Crippen LogP contribution in [-0.2, 0) is 4.74 Å². The van der Waals surface area contributed by atoms with Crippen molar-refractivity contribution in [2.24, 2.45) is 23.0 Å². The van der Waals surface area contributed by atoms with Crippen LogP contribution in [0.15, 0.2) is 0 Å². The molecule has 0 spiro atoms. The van der Waals surface area contributed by atoms with E-state index in [2.05, 4.69) is 46.4 Å². The minimum atomic E-state index is -0.0154. The molecule has 20 heavy (non-hydrogen) atoms. The standard InChI is InChI=1S/C17H34N2O/c1-12-9-19(11-16(3,4)20-12)10-14-7-8-15(18)13(2)17(14,5)6/h12-15H,7-11,18H2,1-6H3. The predicted octanol–water partition coefficient (Wildman–Crippen LogP) is 2.89. The zero-order chi connectivity index (χ0) is 15.1. The first-order valence-corrected chi connectivity index (χ1v) is 8.27. The molecule has 4 atom stereocenters. The van der Waals surface area contributed by atoms with Crippen molar-refractivity contribution in [2.45, 2.75) is 72.1 Å². The van der Waals surface area contributed by atoms with Gasteiger partial charge in [-0.25, -0.2) is 0 Å². The third-order valence-electron chi connectivity index (χ3n) is 5.83. The molecule has 3 nitrogen and oxygen atoms in total. The highest BCUT2D eigenvalue weighted by Crippen LogP contribution is 2.44. The number of nitrogens with zero attached hydrogens (tertiary/aromatic N) is 1. The lowest BCUT2D eigenvalue weighted by atomic mass is 9.61. The van der Waals surface area contributed by atoms with E-state index in [1.54, 1.807) is 0 Å². The maximum atomic E-state index is 6.28. The number of nitrogens with two attached hydrogens (primary N) is 1. The Morgan fingerprint density at radius 2 is 1.80 bits per heavy atom. The van der Waals surface area contributed by atoms with Gasteiger partial charge in [0.2, 0.25) is 0 Å². The van der Waals surface area contributed by atoms with Crippen LogP contribution in [0.5, 0.6) is 0 Å². The summed E-state index contributed by atoms with van der Waals surface area (Å²) in [5.74, 6) is 1.35. The lowest BCUT2D eigenvalue weighted by Crippen LogP contribution is -2.56. The summed E-state index contributed by atoms with van der Waals surface area (Å²) in [5.41, 5.74) is 6.60. The van der Waals surface area contributed by atoms with Crippen molar-refractivity contribution in [1.29, 1.82) is 0 Å². The van der Waals surface area contributed by atoms with Crippen LogP contribution in [-0.4, -0.2) is 42.3 Å². The van der Waals surface area contributed by atoms with Crippen molar-refractivity contribution in [3.8, 4) is 0 Å². The summed E-state index contributed by atoms with van der Waals surface area (Å²) in [6.07, 6.45) is 2.79. The minimum absolute atomic E-state index is 0.0154. The molecule has 0 radical (unpaired) electrons. The molecule has 4 unspecified atom stereocenters. The minimum Gasteiger partial charge on any atom is -0.370 e. The van der Waals surface area contributed by atoms with Gasteiger partial charge in [0.1, 0.15) is 0 Å². The first-order chi connectivity index (χ1) is 9.12. The van der Waals surface area contributed by atoms with E-state index in [0.29, 0.717) is 23.5 Å². The monoisotopic (exact) mass is 282 g/mol. The molecule has 1 saturated heterocycles. The normalized spacial score (nSPS) is 41.5. The lowest BCUT2D eigenvalue weighted by Gasteiger charge is -2.50. The fourth-order valence-corrected chi connectivity index (χ4v) is 4.30. The van der Waals surface area contributed by atoms with Crippen molar-refractivity contribution >= 4 is 0 Å². The molecule has 2 rings (SSSR count). The summed E-state index contributed by atoms with van der Waals surface area (Å²) in [6.45, 7) is 17.1. The van der Waals surface area contributed by atoms with E-state index in [4.69, 9.17) is 10.5 Å². The molecule has 0 bridgehead atoms. The van der Waals surface area contributed by atoms with E-state index in [9.17, 15) is 0 Å². The first kappa shape index (κ1) is 16.3. The van der Waals surface area contributed by atoms with E-state index >= 15 is 0 Å². The maximum Gasteiger partial charge on any atom is 0.0757 e. The molecule has 1 aliphatic carbocycles. The molecule has 0 aromatic heterocycles. The van der Waals surface area contributed by atoms with Gasteiger partial charge in [-0.1, -0.05) is 20.8 Å². The highest BCUT2D eigenvalue weighted by molar-refractivity contribution is 4.95. The quantitative estimate of drug-likeness (QED) is 0.846. The number of rotatable bonds is 2. The third-order valence-corrected chi connectivity index (χ3v) is 5.83. The predicted molar refractivity (Wildman–Crippen MR) is 84.7 cm³/mol. The van der Waals surface area contributed by atoms with E-state index in [1.165, 1.54) is 19.4 Å². The highest BCUT2D eigenvalue weighted by Gasteiger charge is 2.43. The second-order valence-corrected chi connectivity index (χ2v) is 8.43. The first-order valence-electron chi connectivity index (χ1n) is 8.27. The average Bonchev–Trinajstić information content (AvgIpc) is 2.28. The Balaban J connectivity index is 2.02. The van der Waals surface area contributed by atoms with E-state index in [1.807, 2.05) is 0 Å². The van der Waals surface area contributed by atoms with Crippen molar-refractivity contribution in [2.75, 3.05) is 19.6 Å².